The first-order valence-corrected chi connectivity index (χ1v) is 6.81. The van der Waals surface area contributed by atoms with E-state index in [1.165, 1.54) is 13.8 Å². The standard InChI is InChI=1S/C14H15BrN2O4/c1-7-4-5-10(15)11(6-7)16-14(21)17-12(18)8(2)9(3)13(19)20/h4-6H,1-3H3,(H,19,20)(H2,16,17,18,21)/b9-8+. The monoisotopic (exact) mass is 354 g/mol. The Morgan fingerprint density at radius 3 is 2.33 bits per heavy atom. The Hall–Kier alpha value is -2.15. The van der Waals surface area contributed by atoms with E-state index >= 15 is 0 Å². The number of urea groups is 1. The van der Waals surface area contributed by atoms with Crippen molar-refractivity contribution in [3.8, 4) is 0 Å². The van der Waals surface area contributed by atoms with Gasteiger partial charge in [0.15, 0.2) is 0 Å². The predicted molar refractivity (Wildman–Crippen MR) is 82.1 cm³/mol. The van der Waals surface area contributed by atoms with Crippen molar-refractivity contribution in [1.82, 2.24) is 5.32 Å². The van der Waals surface area contributed by atoms with Crippen LogP contribution in [0.1, 0.15) is 19.4 Å². The SMILES string of the molecule is C/C(C(=O)O)=C(/C)C(=O)NC(=O)Nc1cc(C)ccc1Br. The second-order valence-corrected chi connectivity index (χ2v) is 5.30. The van der Waals surface area contributed by atoms with Crippen LogP contribution in [-0.2, 0) is 9.59 Å². The second kappa shape index (κ2) is 7.03. The van der Waals surface area contributed by atoms with E-state index in [-0.39, 0.29) is 11.1 Å². The number of aryl methyl sites for hydroxylation is 1. The Labute approximate surface area is 130 Å². The van der Waals surface area contributed by atoms with Gasteiger partial charge in [0.2, 0.25) is 0 Å². The minimum absolute atomic E-state index is 0.0269. The summed E-state index contributed by atoms with van der Waals surface area (Å²) in [5.74, 6) is -1.96. The number of carbonyl (C=O) groups is 3. The van der Waals surface area contributed by atoms with Crippen LogP contribution < -0.4 is 10.6 Å². The number of nitrogens with one attached hydrogen (secondary N) is 2. The minimum Gasteiger partial charge on any atom is -0.478 e. The highest BCUT2D eigenvalue weighted by molar-refractivity contribution is 9.10. The molecule has 0 fully saturated rings. The fourth-order valence-electron chi connectivity index (χ4n) is 1.42. The zero-order valence-corrected chi connectivity index (χ0v) is 13.4. The third-order valence-corrected chi connectivity index (χ3v) is 3.51. The molecule has 0 saturated carbocycles. The van der Waals surface area contributed by atoms with Crippen molar-refractivity contribution >= 4 is 39.5 Å². The molecule has 112 valence electrons. The van der Waals surface area contributed by atoms with E-state index in [4.69, 9.17) is 5.11 Å². The fraction of sp³-hybridized carbons (Fsp3) is 0.214. The molecule has 1 rings (SSSR count). The van der Waals surface area contributed by atoms with Gasteiger partial charge in [0.05, 0.1) is 5.69 Å². The quantitative estimate of drug-likeness (QED) is 0.727. The van der Waals surface area contributed by atoms with E-state index in [2.05, 4.69) is 26.6 Å². The molecule has 0 atom stereocenters. The summed E-state index contributed by atoms with van der Waals surface area (Å²) in [5.41, 5.74) is 1.31. The van der Waals surface area contributed by atoms with Gasteiger partial charge in [-0.2, -0.15) is 0 Å². The van der Waals surface area contributed by atoms with Gasteiger partial charge in [0.25, 0.3) is 5.91 Å². The summed E-state index contributed by atoms with van der Waals surface area (Å²) in [6, 6.07) is 4.64. The van der Waals surface area contributed by atoms with Crippen LogP contribution in [0.3, 0.4) is 0 Å². The minimum atomic E-state index is -1.20. The maximum Gasteiger partial charge on any atom is 0.331 e. The lowest BCUT2D eigenvalue weighted by molar-refractivity contribution is -0.133. The Bertz CT molecular complexity index is 638. The van der Waals surface area contributed by atoms with Crippen LogP contribution in [0.2, 0.25) is 0 Å². The van der Waals surface area contributed by atoms with Crippen LogP contribution in [0.15, 0.2) is 33.8 Å². The molecule has 7 heteroatoms. The molecule has 3 N–H and O–H groups in total. The molecule has 21 heavy (non-hydrogen) atoms. The zero-order chi connectivity index (χ0) is 16.2. The Kier molecular flexibility index (Phi) is 5.66. The molecule has 6 nitrogen and oxygen atoms in total. The first-order valence-electron chi connectivity index (χ1n) is 6.01. The molecule has 0 radical (unpaired) electrons. The van der Waals surface area contributed by atoms with Crippen molar-refractivity contribution in [2.45, 2.75) is 20.8 Å². The maximum absolute atomic E-state index is 11.7. The normalized spacial score (nSPS) is 11.4. The number of carboxylic acids is 1. The molecule has 0 bridgehead atoms. The number of carboxylic acid groups (broad SMARTS) is 1. The first-order chi connectivity index (χ1) is 9.72. The van der Waals surface area contributed by atoms with Crippen molar-refractivity contribution in [3.05, 3.63) is 39.4 Å². The molecule has 0 heterocycles. The van der Waals surface area contributed by atoms with Gasteiger partial charge in [-0.1, -0.05) is 6.07 Å². The number of hydrogen-bond donors (Lipinski definition) is 3. The van der Waals surface area contributed by atoms with Gasteiger partial charge < -0.3 is 10.4 Å². The molecule has 0 unspecified atom stereocenters. The Morgan fingerprint density at radius 2 is 1.76 bits per heavy atom. The molecular formula is C14H15BrN2O4. The number of anilines is 1. The number of carbonyl (C=O) groups excluding carboxylic acids is 2. The van der Waals surface area contributed by atoms with Crippen LogP contribution in [0, 0.1) is 6.92 Å². The van der Waals surface area contributed by atoms with Gasteiger partial charge >= 0.3 is 12.0 Å². The van der Waals surface area contributed by atoms with E-state index in [1.54, 1.807) is 12.1 Å². The van der Waals surface area contributed by atoms with Crippen LogP contribution in [0.25, 0.3) is 0 Å². The number of halogens is 1. The maximum atomic E-state index is 11.7. The zero-order valence-electron chi connectivity index (χ0n) is 11.8. The summed E-state index contributed by atoms with van der Waals surface area (Å²) in [4.78, 5) is 34.2. The Balaban J connectivity index is 2.79. The summed E-state index contributed by atoms with van der Waals surface area (Å²) >= 11 is 3.28. The van der Waals surface area contributed by atoms with Gasteiger partial charge in [-0.25, -0.2) is 9.59 Å². The van der Waals surface area contributed by atoms with E-state index in [0.29, 0.717) is 10.2 Å². The van der Waals surface area contributed by atoms with Gasteiger partial charge in [-0.3, -0.25) is 10.1 Å². The molecule has 0 aliphatic heterocycles. The summed E-state index contributed by atoms with van der Waals surface area (Å²) in [6.07, 6.45) is 0. The smallest absolute Gasteiger partial charge is 0.331 e. The molecule has 0 aliphatic rings. The average Bonchev–Trinajstić information content (AvgIpc) is 2.40. The fourth-order valence-corrected chi connectivity index (χ4v) is 1.76. The van der Waals surface area contributed by atoms with Crippen LogP contribution in [0.5, 0.6) is 0 Å². The molecule has 0 aliphatic carbocycles. The van der Waals surface area contributed by atoms with Gasteiger partial charge in [0, 0.05) is 15.6 Å². The third-order valence-electron chi connectivity index (χ3n) is 2.82. The van der Waals surface area contributed by atoms with E-state index < -0.39 is 17.9 Å². The summed E-state index contributed by atoms with van der Waals surface area (Å²) < 4.78 is 0.671. The highest BCUT2D eigenvalue weighted by atomic mass is 79.9. The van der Waals surface area contributed by atoms with E-state index in [1.807, 2.05) is 13.0 Å². The highest BCUT2D eigenvalue weighted by Crippen LogP contribution is 2.23. The number of rotatable bonds is 3. The average molecular weight is 355 g/mol. The summed E-state index contributed by atoms with van der Waals surface area (Å²) in [6.45, 7) is 4.50. The van der Waals surface area contributed by atoms with Crippen molar-refractivity contribution in [2.75, 3.05) is 5.32 Å². The molecule has 0 aromatic heterocycles. The first kappa shape index (κ1) is 16.9. The van der Waals surface area contributed by atoms with Gasteiger partial charge in [0.1, 0.15) is 0 Å². The lowest BCUT2D eigenvalue weighted by atomic mass is 10.1. The van der Waals surface area contributed by atoms with E-state index in [9.17, 15) is 14.4 Å². The predicted octanol–water partition coefficient (Wildman–Crippen LogP) is 2.83. The number of aliphatic carboxylic acids is 1. The number of benzene rings is 1. The number of imide groups is 1. The Morgan fingerprint density at radius 1 is 1.14 bits per heavy atom. The van der Waals surface area contributed by atoms with Crippen molar-refractivity contribution in [1.29, 1.82) is 0 Å². The second-order valence-electron chi connectivity index (χ2n) is 4.45. The molecule has 1 aromatic carbocycles. The van der Waals surface area contributed by atoms with Crippen LogP contribution >= 0.6 is 15.9 Å². The topological polar surface area (TPSA) is 95.5 Å². The number of hydrogen-bond acceptors (Lipinski definition) is 3. The molecule has 1 aromatic rings. The van der Waals surface area contributed by atoms with Crippen molar-refractivity contribution in [3.63, 3.8) is 0 Å². The molecular weight excluding hydrogens is 340 g/mol. The largest absolute Gasteiger partial charge is 0.478 e. The van der Waals surface area contributed by atoms with Gasteiger partial charge in [-0.05, 0) is 54.4 Å². The van der Waals surface area contributed by atoms with Gasteiger partial charge in [-0.15, -0.1) is 0 Å². The van der Waals surface area contributed by atoms with Crippen LogP contribution in [0.4, 0.5) is 10.5 Å². The molecule has 0 spiro atoms. The highest BCUT2D eigenvalue weighted by Gasteiger charge is 2.15. The molecule has 0 saturated heterocycles. The van der Waals surface area contributed by atoms with Crippen molar-refractivity contribution < 1.29 is 19.5 Å². The van der Waals surface area contributed by atoms with Crippen molar-refractivity contribution in [2.24, 2.45) is 0 Å². The number of amides is 3. The summed E-state index contributed by atoms with van der Waals surface area (Å²) in [5, 5.41) is 13.4. The lowest BCUT2D eigenvalue weighted by Gasteiger charge is -2.10. The molecule has 3 amide bonds. The lowest BCUT2D eigenvalue weighted by Crippen LogP contribution is -2.35. The van der Waals surface area contributed by atoms with E-state index in [0.717, 1.165) is 5.56 Å². The third kappa shape index (κ3) is 4.71. The summed E-state index contributed by atoms with van der Waals surface area (Å²) in [7, 11) is 0. The van der Waals surface area contributed by atoms with Crippen LogP contribution in [-0.4, -0.2) is 23.0 Å².